The van der Waals surface area contributed by atoms with E-state index >= 15 is 0 Å². The average Bonchev–Trinajstić information content (AvgIpc) is 3.65. The molecule has 1 aliphatic carbocycles. The molecule has 0 aromatic heterocycles. The predicted octanol–water partition coefficient (Wildman–Crippen LogP) is 3.04. The van der Waals surface area contributed by atoms with E-state index in [2.05, 4.69) is 14.8 Å². The molecule has 1 saturated heterocycles. The quantitative estimate of drug-likeness (QED) is 0.612. The molecule has 0 spiro atoms. The summed E-state index contributed by atoms with van der Waals surface area (Å²) in [7, 11) is 1.53. The van der Waals surface area contributed by atoms with Crippen LogP contribution in [0.4, 0.5) is 8.78 Å². The first-order valence-electron chi connectivity index (χ1n) is 12.7. The third kappa shape index (κ3) is 4.38. The topological polar surface area (TPSA) is 107 Å². The third-order valence-electron chi connectivity index (χ3n) is 7.81. The molecule has 0 bridgehead atoms. The van der Waals surface area contributed by atoms with Gasteiger partial charge in [-0.1, -0.05) is 6.07 Å². The number of piperidine rings is 1. The van der Waals surface area contributed by atoms with Gasteiger partial charge in [0.2, 0.25) is 5.91 Å². The van der Waals surface area contributed by atoms with Crippen molar-refractivity contribution in [3.63, 3.8) is 0 Å². The lowest BCUT2D eigenvalue weighted by Gasteiger charge is -2.37. The number of aliphatic hydroxyl groups excluding tert-OH is 1. The largest absolute Gasteiger partial charge is 0.586 e. The smallest absolute Gasteiger partial charge is 0.497 e. The van der Waals surface area contributed by atoms with Crippen LogP contribution in [0.15, 0.2) is 36.4 Å². The van der Waals surface area contributed by atoms with E-state index in [1.165, 1.54) is 19.2 Å². The number of nitrogens with zero attached hydrogens (tertiary/aromatic N) is 1. The molecule has 0 radical (unpaired) electrons. The first-order valence-corrected chi connectivity index (χ1v) is 12.7. The fraction of sp³-hybridized carbons (Fsp3) is 0.481. The lowest BCUT2D eigenvalue weighted by molar-refractivity contribution is -0.286. The van der Waals surface area contributed by atoms with Gasteiger partial charge in [-0.3, -0.25) is 9.59 Å². The molecule has 2 fully saturated rings. The van der Waals surface area contributed by atoms with Crippen LogP contribution in [0.25, 0.3) is 0 Å². The summed E-state index contributed by atoms with van der Waals surface area (Å²) in [6.45, 7) is 0.877. The van der Waals surface area contributed by atoms with E-state index in [0.717, 1.165) is 5.56 Å². The van der Waals surface area contributed by atoms with Crippen LogP contribution in [0.5, 0.6) is 23.0 Å². The van der Waals surface area contributed by atoms with Gasteiger partial charge >= 0.3 is 6.29 Å². The number of aliphatic hydroxyl groups is 1. The maximum absolute atomic E-state index is 13.7. The van der Waals surface area contributed by atoms with Crippen molar-refractivity contribution in [2.45, 2.75) is 62.1 Å². The van der Waals surface area contributed by atoms with Crippen LogP contribution in [0.2, 0.25) is 0 Å². The highest BCUT2D eigenvalue weighted by Crippen LogP contribution is 2.52. The van der Waals surface area contributed by atoms with Crippen LogP contribution in [-0.2, 0) is 15.0 Å². The minimum atomic E-state index is -3.74. The molecule has 3 aliphatic heterocycles. The van der Waals surface area contributed by atoms with Gasteiger partial charge in [-0.15, -0.1) is 8.78 Å². The highest BCUT2D eigenvalue weighted by atomic mass is 19.3. The Kier molecular flexibility index (Phi) is 5.86. The van der Waals surface area contributed by atoms with Gasteiger partial charge in [-0.25, -0.2) is 0 Å². The number of carbonyl (C=O) groups is 2. The SMILES string of the molecule is COc1ccc2c(c1)O[C@@H](C(=O)N1CCC(O)CC1)C[C@@H]2NC(=O)C1(c2ccc3c(c2)OC(F)(F)O3)CC1. The lowest BCUT2D eigenvalue weighted by atomic mass is 9.91. The normalized spacial score (nSPS) is 24.7. The molecule has 0 unspecified atom stereocenters. The molecular weight excluding hydrogens is 502 g/mol. The van der Waals surface area contributed by atoms with Crippen molar-refractivity contribution in [1.29, 1.82) is 0 Å². The number of nitrogens with one attached hydrogen (secondary N) is 1. The molecule has 2 N–H and O–H groups in total. The molecular formula is C27H28F2N2O7. The van der Waals surface area contributed by atoms with Crippen LogP contribution >= 0.6 is 0 Å². The Bertz CT molecular complexity index is 1270. The maximum Gasteiger partial charge on any atom is 0.586 e. The first-order chi connectivity index (χ1) is 18.2. The van der Waals surface area contributed by atoms with E-state index in [1.54, 1.807) is 29.2 Å². The van der Waals surface area contributed by atoms with Gasteiger partial charge in [-0.2, -0.15) is 0 Å². The Morgan fingerprint density at radius 3 is 2.50 bits per heavy atom. The molecule has 2 aromatic rings. The second-order valence-electron chi connectivity index (χ2n) is 10.2. The van der Waals surface area contributed by atoms with Crippen LogP contribution in [-0.4, -0.2) is 60.5 Å². The van der Waals surface area contributed by atoms with Crippen molar-refractivity contribution in [2.24, 2.45) is 0 Å². The van der Waals surface area contributed by atoms with Crippen LogP contribution in [0.1, 0.15) is 49.3 Å². The van der Waals surface area contributed by atoms with Crippen molar-refractivity contribution < 1.29 is 42.4 Å². The molecule has 6 rings (SSSR count). The summed E-state index contributed by atoms with van der Waals surface area (Å²) in [5, 5.41) is 12.9. The highest BCUT2D eigenvalue weighted by molar-refractivity contribution is 5.92. The minimum Gasteiger partial charge on any atom is -0.497 e. The van der Waals surface area contributed by atoms with Gasteiger partial charge in [0.15, 0.2) is 17.6 Å². The molecule has 38 heavy (non-hydrogen) atoms. The van der Waals surface area contributed by atoms with Crippen molar-refractivity contribution in [3.8, 4) is 23.0 Å². The third-order valence-corrected chi connectivity index (χ3v) is 7.81. The second kappa shape index (κ2) is 9.00. The highest BCUT2D eigenvalue weighted by Gasteiger charge is 2.53. The summed E-state index contributed by atoms with van der Waals surface area (Å²) in [5.41, 5.74) is 0.402. The summed E-state index contributed by atoms with van der Waals surface area (Å²) >= 11 is 0. The molecule has 9 nitrogen and oxygen atoms in total. The Morgan fingerprint density at radius 2 is 1.79 bits per heavy atom. The van der Waals surface area contributed by atoms with Crippen LogP contribution in [0, 0.1) is 0 Å². The Hall–Kier alpha value is -3.60. The number of likely N-dealkylation sites (tertiary alicyclic amines) is 1. The van der Waals surface area contributed by atoms with Gasteiger partial charge in [0.1, 0.15) is 11.5 Å². The van der Waals surface area contributed by atoms with E-state index in [-0.39, 0.29) is 29.7 Å². The van der Waals surface area contributed by atoms with Gasteiger partial charge in [0.05, 0.1) is 24.7 Å². The van der Waals surface area contributed by atoms with E-state index in [1.807, 2.05) is 0 Å². The first kappa shape index (κ1) is 24.7. The van der Waals surface area contributed by atoms with Crippen molar-refractivity contribution in [3.05, 3.63) is 47.5 Å². The number of rotatable bonds is 5. The number of hydrogen-bond acceptors (Lipinski definition) is 7. The number of carbonyl (C=O) groups excluding carboxylic acids is 2. The molecule has 202 valence electrons. The van der Waals surface area contributed by atoms with Crippen molar-refractivity contribution in [1.82, 2.24) is 10.2 Å². The fourth-order valence-corrected chi connectivity index (χ4v) is 5.47. The number of fused-ring (bicyclic) bond motifs is 2. The molecule has 3 heterocycles. The van der Waals surface area contributed by atoms with E-state index in [4.69, 9.17) is 9.47 Å². The standard InChI is InChI=1S/C27H28F2N2O7/c1-35-17-3-4-18-19(14-23(36-21(18)13-17)24(33)31-10-6-16(32)7-11-31)30-25(34)26(8-9-26)15-2-5-20-22(12-15)38-27(28,29)37-20/h2-5,12-13,16,19,23,32H,6-11,14H2,1H3,(H,30,34)/t19-,23+/m0/s1. The number of alkyl halides is 2. The number of methoxy groups -OCH3 is 1. The molecule has 2 amide bonds. The zero-order valence-electron chi connectivity index (χ0n) is 20.7. The summed E-state index contributed by atoms with van der Waals surface area (Å²) in [5.74, 6) is 0.373. The number of hydrogen-bond donors (Lipinski definition) is 2. The summed E-state index contributed by atoms with van der Waals surface area (Å²) in [6, 6.07) is 9.17. The van der Waals surface area contributed by atoms with E-state index in [9.17, 15) is 23.5 Å². The predicted molar refractivity (Wildman–Crippen MR) is 128 cm³/mol. The monoisotopic (exact) mass is 530 g/mol. The lowest BCUT2D eigenvalue weighted by Crippen LogP contribution is -2.50. The van der Waals surface area contributed by atoms with Crippen molar-refractivity contribution >= 4 is 11.8 Å². The van der Waals surface area contributed by atoms with Gasteiger partial charge in [0, 0.05) is 31.1 Å². The zero-order chi connectivity index (χ0) is 26.7. The van der Waals surface area contributed by atoms with Gasteiger partial charge < -0.3 is 34.3 Å². The summed E-state index contributed by atoms with van der Waals surface area (Å²) in [4.78, 5) is 28.7. The Morgan fingerprint density at radius 1 is 1.05 bits per heavy atom. The summed E-state index contributed by atoms with van der Waals surface area (Å²) in [6.07, 6.45) is -2.63. The number of amides is 2. The Labute approximate surface area is 217 Å². The summed E-state index contributed by atoms with van der Waals surface area (Å²) < 4.78 is 47.5. The maximum atomic E-state index is 13.7. The van der Waals surface area contributed by atoms with Gasteiger partial charge in [-0.05, 0) is 55.5 Å². The van der Waals surface area contributed by atoms with Crippen LogP contribution < -0.4 is 24.3 Å². The minimum absolute atomic E-state index is 0.0751. The second-order valence-corrected chi connectivity index (χ2v) is 10.2. The van der Waals surface area contributed by atoms with E-state index < -0.39 is 30.0 Å². The van der Waals surface area contributed by atoms with Gasteiger partial charge in [0.25, 0.3) is 5.91 Å². The molecule has 4 aliphatic rings. The number of ether oxygens (including phenoxy) is 4. The number of benzene rings is 2. The number of halogens is 2. The van der Waals surface area contributed by atoms with Crippen LogP contribution in [0.3, 0.4) is 0 Å². The fourth-order valence-electron chi connectivity index (χ4n) is 5.47. The molecule has 1 saturated carbocycles. The molecule has 2 aromatic carbocycles. The molecule has 2 atom stereocenters. The average molecular weight is 531 g/mol. The molecule has 11 heteroatoms. The van der Waals surface area contributed by atoms with Crippen molar-refractivity contribution in [2.75, 3.05) is 20.2 Å². The zero-order valence-corrected chi connectivity index (χ0v) is 20.7. The van der Waals surface area contributed by atoms with E-state index in [0.29, 0.717) is 55.8 Å². The Balaban J connectivity index is 1.24.